The highest BCUT2D eigenvalue weighted by Crippen LogP contribution is 2.42. The van der Waals surface area contributed by atoms with E-state index in [1.54, 1.807) is 41.5 Å². The quantitative estimate of drug-likeness (QED) is 0.0218. The molecule has 0 aromatic rings. The summed E-state index contributed by atoms with van der Waals surface area (Å²) in [7, 11) is 27.2. The fraction of sp³-hybridized carbons (Fsp3) is 0.906. The van der Waals surface area contributed by atoms with Crippen molar-refractivity contribution in [2.75, 3.05) is 168 Å². The van der Waals surface area contributed by atoms with Gasteiger partial charge in [0, 0.05) is 140 Å². The van der Waals surface area contributed by atoms with Gasteiger partial charge in [-0.1, -0.05) is 12.8 Å². The lowest BCUT2D eigenvalue weighted by atomic mass is 9.66. The van der Waals surface area contributed by atoms with E-state index in [2.05, 4.69) is 35.2 Å². The van der Waals surface area contributed by atoms with Gasteiger partial charge in [0.15, 0.2) is 25.2 Å². The molecule has 4 heterocycles. The van der Waals surface area contributed by atoms with Crippen LogP contribution in [0.4, 0.5) is 0 Å². The predicted molar refractivity (Wildman–Crippen MR) is 354 cm³/mol. The Morgan fingerprint density at radius 3 is 1.07 bits per heavy atom. The molecular weight excluding hydrogens is 1350 g/mol. The van der Waals surface area contributed by atoms with E-state index in [1.807, 2.05) is 24.5 Å². The van der Waals surface area contributed by atoms with Crippen molar-refractivity contribution in [3.63, 3.8) is 0 Å². The molecule has 32 atom stereocenters. The zero-order valence-corrected chi connectivity index (χ0v) is 62.0. The average Bonchev–Trinajstić information content (AvgIpc) is 0.742. The monoisotopic (exact) mass is 1470 g/mol. The first-order valence-electron chi connectivity index (χ1n) is 32.3. The summed E-state index contributed by atoms with van der Waals surface area (Å²) in [4.78, 5) is 22.4. The van der Waals surface area contributed by atoms with Crippen LogP contribution in [0.25, 0.3) is 0 Å². The Morgan fingerprint density at radius 2 is 0.760 bits per heavy atom. The first-order chi connectivity index (χ1) is 47.9. The number of rotatable bonds is 33. The first kappa shape index (κ1) is 89.6. The van der Waals surface area contributed by atoms with Crippen molar-refractivity contribution >= 4 is 24.6 Å². The Morgan fingerprint density at radius 1 is 0.430 bits per heavy atom. The second kappa shape index (κ2) is 43.7. The molecule has 0 aromatic carbocycles. The molecule has 0 radical (unpaired) electrons. The molecule has 0 bridgehead atoms. The molecule has 36 heteroatoms. The van der Waals surface area contributed by atoms with Gasteiger partial charge in [-0.05, 0) is 25.7 Å². The Hall–Kier alpha value is -2.83. The average molecular weight is 1470 g/mol. The van der Waals surface area contributed by atoms with Gasteiger partial charge in [-0.3, -0.25) is 14.3 Å². The normalized spacial score (nSPS) is 42.0. The fourth-order valence-electron chi connectivity index (χ4n) is 14.9. The number of thiol groups is 1. The van der Waals surface area contributed by atoms with E-state index in [0.717, 1.165) is 0 Å². The molecule has 100 heavy (non-hydrogen) atoms. The van der Waals surface area contributed by atoms with E-state index in [1.165, 1.54) is 92.4 Å². The Labute approximate surface area is 593 Å². The van der Waals surface area contributed by atoms with E-state index >= 15 is 0 Å². The van der Waals surface area contributed by atoms with Crippen LogP contribution in [0, 0.1) is 36.5 Å². The van der Waals surface area contributed by atoms with E-state index < -0.39 is 213 Å². The number of carbonyl (C=O) groups excluding carboxylic acids is 2. The molecular formula is C64H115N5O30S. The van der Waals surface area contributed by atoms with Gasteiger partial charge in [-0.25, -0.2) is 0 Å². The zero-order valence-electron chi connectivity index (χ0n) is 61.1. The van der Waals surface area contributed by atoms with Crippen LogP contribution in [0.15, 0.2) is 0 Å². The third-order valence-electron chi connectivity index (χ3n) is 19.6. The standard InChI is InChI=1S/C32H56N2O15.C29H56N2O14.C3H3NOS/c1-12-19(36)33-29-21(25(42-7)22(40-5)17(13-35)32(29,37)15-39-4)34-20-16(2)47-31(27(44-9)24(20)41-6)49-23-18(14-38-3)48-30(46-11)28(45-10)26(23)43-8;1-14-17(31-18-22(38-6)19(36-4)15(11-32)29(33,13-35-3)26(18)30)21(37-5)24(40-8)28(43-14)45-20-16(12-34-2)44-27(42-10)25(41-9)23(20)39-7;1-2-3(5)4-6/h1,16-18,20-31,34-35,37H,13-15H2,2-11H3,(H,33,36);14-28,31-33H,11-13,30H2,1-10H3;1,6H,(H,4,5)/t16?,17-,18?,20+,21+,22-,23+,24-,25?,26-,27?,28?,29?,30-,31+,32?;14?,15-,16?,17+,18+,19-,20+,21-,22?,23-,24?,25?,26?,27-,28+,29?;/m11./s1. The SMILES string of the molecule is C#CC(=O)NC1[C@@H](N[C@H]2C(C)O[C@@H](O[C@H]3C(COC)O[C@@H](OC)C(OC)[C@@H]3OC)C(OC)[C@@H]2OC)C(OC)[C@H](OC)[C@@H](CO)C1(O)COC.C#CC(=O)NS.COCC1O[C@@H](OC)C(OC)[C@H](OC)[C@H]1O[C@@H]1OC(C)[C@H](N[C@H]2C(OC)[C@H](OC)[C@@H](CO)C(O)(COC)C2N)[C@@H](OC)C1OC. The van der Waals surface area contributed by atoms with Crippen molar-refractivity contribution in [1.82, 2.24) is 20.7 Å². The van der Waals surface area contributed by atoms with Crippen molar-refractivity contribution in [2.45, 2.75) is 196 Å². The van der Waals surface area contributed by atoms with Crippen molar-refractivity contribution in [1.29, 1.82) is 0 Å². The van der Waals surface area contributed by atoms with E-state index in [-0.39, 0.29) is 33.0 Å². The van der Waals surface area contributed by atoms with Crippen LogP contribution < -0.4 is 26.4 Å². The van der Waals surface area contributed by atoms with Crippen LogP contribution >= 0.6 is 12.8 Å². The number of ether oxygens (including phenoxy) is 24. The number of nitrogens with one attached hydrogen (secondary N) is 4. The number of methoxy groups -OCH3 is 18. The van der Waals surface area contributed by atoms with Gasteiger partial charge in [-0.2, -0.15) is 0 Å². The van der Waals surface area contributed by atoms with Crippen molar-refractivity contribution < 1.29 is 144 Å². The van der Waals surface area contributed by atoms with Crippen LogP contribution in [0.3, 0.4) is 0 Å². The number of aliphatic hydroxyl groups is 4. The molecule has 0 aromatic heterocycles. The lowest BCUT2D eigenvalue weighted by molar-refractivity contribution is -0.355. The summed E-state index contributed by atoms with van der Waals surface area (Å²) >= 11 is 3.35. The summed E-state index contributed by atoms with van der Waals surface area (Å²) in [5.41, 5.74) is 3.24. The minimum Gasteiger partial charge on any atom is -0.396 e. The van der Waals surface area contributed by atoms with E-state index in [9.17, 15) is 30.0 Å². The third-order valence-corrected chi connectivity index (χ3v) is 19.8. The second-order valence-electron chi connectivity index (χ2n) is 24.6. The number of aliphatic hydroxyl groups excluding tert-OH is 2. The second-order valence-corrected chi connectivity index (χ2v) is 24.8. The molecule has 6 rings (SSSR count). The predicted octanol–water partition coefficient (Wildman–Crippen LogP) is -4.87. The summed E-state index contributed by atoms with van der Waals surface area (Å²) in [6.07, 6.45) is -5.67. The highest BCUT2D eigenvalue weighted by atomic mass is 32.1. The maximum Gasteiger partial charge on any atom is 0.305 e. The summed E-state index contributed by atoms with van der Waals surface area (Å²) in [6, 6.07) is -4.83. The lowest BCUT2D eigenvalue weighted by Crippen LogP contribution is -2.80. The molecule has 2 saturated carbocycles. The van der Waals surface area contributed by atoms with Crippen LogP contribution in [0.5, 0.6) is 0 Å². The molecule has 4 aliphatic heterocycles. The van der Waals surface area contributed by atoms with Crippen molar-refractivity contribution in [2.24, 2.45) is 17.6 Å². The van der Waals surface area contributed by atoms with Crippen LogP contribution in [-0.4, -0.2) is 382 Å². The van der Waals surface area contributed by atoms with Gasteiger partial charge >= 0.3 is 5.91 Å². The molecule has 35 nitrogen and oxygen atoms in total. The number of hydrogen-bond donors (Lipinski definition) is 10. The van der Waals surface area contributed by atoms with Gasteiger partial charge < -0.3 is 156 Å². The van der Waals surface area contributed by atoms with Crippen molar-refractivity contribution in [3.8, 4) is 24.7 Å². The van der Waals surface area contributed by atoms with Crippen molar-refractivity contribution in [3.05, 3.63) is 0 Å². The van der Waals surface area contributed by atoms with Gasteiger partial charge in [0.05, 0.1) is 100 Å². The van der Waals surface area contributed by atoms with Crippen LogP contribution in [-0.2, 0) is 123 Å². The molecule has 2 aliphatic carbocycles. The summed E-state index contributed by atoms with van der Waals surface area (Å²) < 4.78 is 143. The third kappa shape index (κ3) is 20.0. The smallest absolute Gasteiger partial charge is 0.305 e. The number of amides is 2. The maximum atomic E-state index is 12.7. The maximum absolute atomic E-state index is 12.7. The van der Waals surface area contributed by atoms with Gasteiger partial charge in [0.2, 0.25) is 0 Å². The van der Waals surface area contributed by atoms with Gasteiger partial charge in [-0.15, -0.1) is 12.8 Å². The highest BCUT2D eigenvalue weighted by Gasteiger charge is 2.64. The molecule has 0 spiro atoms. The van der Waals surface area contributed by atoms with Crippen LogP contribution in [0.2, 0.25) is 0 Å². The Bertz CT molecular complexity index is 2440. The Kier molecular flexibility index (Phi) is 39.1. The van der Waals surface area contributed by atoms with Gasteiger partial charge in [0.1, 0.15) is 96.7 Å². The minimum atomic E-state index is -1.86. The topological polar surface area (TPSA) is 411 Å². The van der Waals surface area contributed by atoms with Crippen LogP contribution in [0.1, 0.15) is 13.8 Å². The summed E-state index contributed by atoms with van der Waals surface area (Å²) in [5.74, 6) is 0.809. The molecule has 6 aliphatic rings. The number of hydrogen-bond acceptors (Lipinski definition) is 34. The number of nitrogens with two attached hydrogens (primary N) is 1. The van der Waals surface area contributed by atoms with E-state index in [4.69, 9.17) is 126 Å². The zero-order chi connectivity index (χ0) is 74.9. The molecule has 6 fully saturated rings. The first-order valence-corrected chi connectivity index (χ1v) is 32.8. The fourth-order valence-corrected chi connectivity index (χ4v) is 14.9. The largest absolute Gasteiger partial charge is 0.396 e. The Balaban J connectivity index is 0.000000393. The molecule has 2 amide bonds. The molecule has 582 valence electrons. The minimum absolute atomic E-state index is 0.131. The summed E-state index contributed by atoms with van der Waals surface area (Å²) in [6.45, 7) is 2.72. The molecule has 10 N–H and O–H groups in total. The van der Waals surface area contributed by atoms with Gasteiger partial charge in [0.25, 0.3) is 5.91 Å². The number of terminal acetylenes is 2. The molecule has 4 saturated heterocycles. The highest BCUT2D eigenvalue weighted by molar-refractivity contribution is 7.78. The summed E-state index contributed by atoms with van der Waals surface area (Å²) in [5, 5.41) is 54.4. The molecule has 14 unspecified atom stereocenters. The lowest BCUT2D eigenvalue weighted by Gasteiger charge is -2.56. The van der Waals surface area contributed by atoms with E-state index in [0.29, 0.717) is 0 Å². The number of carbonyl (C=O) groups is 2.